The van der Waals surface area contributed by atoms with Gasteiger partial charge >= 0.3 is 0 Å². The molecule has 1 saturated carbocycles. The highest BCUT2D eigenvalue weighted by atomic mass is 16.6. The van der Waals surface area contributed by atoms with E-state index >= 15 is 0 Å². The SMILES string of the molecule is CC1CCC(NCCc2ccc3c(c2)OCCO3)CC1C. The van der Waals surface area contributed by atoms with E-state index in [1.807, 2.05) is 6.07 Å². The maximum absolute atomic E-state index is 5.64. The minimum Gasteiger partial charge on any atom is -0.486 e. The van der Waals surface area contributed by atoms with Crippen molar-refractivity contribution in [3.8, 4) is 11.5 Å². The molecular weight excluding hydrogens is 262 g/mol. The van der Waals surface area contributed by atoms with Gasteiger partial charge in [0.1, 0.15) is 13.2 Å². The number of nitrogens with one attached hydrogen (secondary N) is 1. The van der Waals surface area contributed by atoms with Gasteiger partial charge in [-0.25, -0.2) is 0 Å². The standard InChI is InChI=1S/C18H27NO2/c1-13-3-5-16(11-14(13)2)19-8-7-15-4-6-17-18(12-15)21-10-9-20-17/h4,6,12-14,16,19H,3,5,7-11H2,1-2H3. The van der Waals surface area contributed by atoms with Gasteiger partial charge in [-0.2, -0.15) is 0 Å². The first-order valence-corrected chi connectivity index (χ1v) is 8.34. The highest BCUT2D eigenvalue weighted by Gasteiger charge is 2.23. The van der Waals surface area contributed by atoms with Crippen molar-refractivity contribution in [2.75, 3.05) is 19.8 Å². The van der Waals surface area contributed by atoms with Crippen molar-refractivity contribution in [3.63, 3.8) is 0 Å². The summed E-state index contributed by atoms with van der Waals surface area (Å²) in [6, 6.07) is 7.02. The van der Waals surface area contributed by atoms with Crippen molar-refractivity contribution in [1.29, 1.82) is 0 Å². The van der Waals surface area contributed by atoms with Crippen LogP contribution in [-0.2, 0) is 6.42 Å². The van der Waals surface area contributed by atoms with Gasteiger partial charge in [0.2, 0.25) is 0 Å². The van der Waals surface area contributed by atoms with E-state index in [1.54, 1.807) is 0 Å². The molecule has 1 aromatic rings. The van der Waals surface area contributed by atoms with Gasteiger partial charge in [0, 0.05) is 6.04 Å². The largest absolute Gasteiger partial charge is 0.486 e. The third-order valence-electron chi connectivity index (χ3n) is 5.05. The van der Waals surface area contributed by atoms with Crippen molar-refractivity contribution in [2.24, 2.45) is 11.8 Å². The van der Waals surface area contributed by atoms with Crippen LogP contribution in [0.4, 0.5) is 0 Å². The van der Waals surface area contributed by atoms with E-state index in [0.29, 0.717) is 19.3 Å². The summed E-state index contributed by atoms with van der Waals surface area (Å²) in [5, 5.41) is 3.73. The van der Waals surface area contributed by atoms with Gasteiger partial charge in [0.05, 0.1) is 0 Å². The lowest BCUT2D eigenvalue weighted by atomic mass is 9.79. The molecule has 0 radical (unpaired) electrons. The van der Waals surface area contributed by atoms with Crippen LogP contribution in [0.25, 0.3) is 0 Å². The molecular formula is C18H27NO2. The Labute approximate surface area is 128 Å². The third-order valence-corrected chi connectivity index (χ3v) is 5.05. The molecule has 0 amide bonds. The molecule has 1 aliphatic carbocycles. The van der Waals surface area contributed by atoms with Crippen molar-refractivity contribution < 1.29 is 9.47 Å². The van der Waals surface area contributed by atoms with Crippen LogP contribution in [0.2, 0.25) is 0 Å². The fraction of sp³-hybridized carbons (Fsp3) is 0.667. The molecule has 1 N–H and O–H groups in total. The molecule has 1 heterocycles. The van der Waals surface area contributed by atoms with E-state index in [4.69, 9.17) is 9.47 Å². The second-order valence-electron chi connectivity index (χ2n) is 6.65. The molecule has 3 rings (SSSR count). The summed E-state index contributed by atoms with van der Waals surface area (Å²) in [4.78, 5) is 0. The van der Waals surface area contributed by atoms with Gasteiger partial charge in [0.25, 0.3) is 0 Å². The number of benzene rings is 1. The first-order valence-electron chi connectivity index (χ1n) is 8.34. The van der Waals surface area contributed by atoms with Crippen LogP contribution in [-0.4, -0.2) is 25.8 Å². The van der Waals surface area contributed by atoms with Gasteiger partial charge in [-0.15, -0.1) is 0 Å². The van der Waals surface area contributed by atoms with E-state index < -0.39 is 0 Å². The first kappa shape index (κ1) is 14.7. The Morgan fingerprint density at radius 2 is 1.86 bits per heavy atom. The third kappa shape index (κ3) is 3.70. The average Bonchev–Trinajstić information content (AvgIpc) is 2.51. The summed E-state index contributed by atoms with van der Waals surface area (Å²) in [6.45, 7) is 7.14. The Bertz CT molecular complexity index is 474. The molecule has 0 aromatic heterocycles. The number of hydrogen-bond donors (Lipinski definition) is 1. The van der Waals surface area contributed by atoms with Gasteiger partial charge in [-0.1, -0.05) is 19.9 Å². The fourth-order valence-electron chi connectivity index (χ4n) is 3.40. The molecule has 1 aliphatic heterocycles. The van der Waals surface area contributed by atoms with Crippen LogP contribution in [0.3, 0.4) is 0 Å². The van der Waals surface area contributed by atoms with Crippen molar-refractivity contribution >= 4 is 0 Å². The van der Waals surface area contributed by atoms with Gasteiger partial charge in [0.15, 0.2) is 11.5 Å². The topological polar surface area (TPSA) is 30.5 Å². The van der Waals surface area contributed by atoms with Crippen LogP contribution in [0, 0.1) is 11.8 Å². The van der Waals surface area contributed by atoms with Crippen molar-refractivity contribution in [2.45, 2.75) is 45.6 Å². The predicted octanol–water partition coefficient (Wildman–Crippen LogP) is 3.41. The molecule has 1 fully saturated rings. The maximum atomic E-state index is 5.64. The van der Waals surface area contributed by atoms with Crippen LogP contribution < -0.4 is 14.8 Å². The molecule has 3 nitrogen and oxygen atoms in total. The molecule has 116 valence electrons. The zero-order chi connectivity index (χ0) is 14.7. The highest BCUT2D eigenvalue weighted by molar-refractivity contribution is 5.43. The van der Waals surface area contributed by atoms with Crippen LogP contribution in [0.15, 0.2) is 18.2 Å². The van der Waals surface area contributed by atoms with E-state index in [2.05, 4.69) is 31.3 Å². The molecule has 2 aliphatic rings. The second kappa shape index (κ2) is 6.69. The van der Waals surface area contributed by atoms with Crippen LogP contribution in [0.1, 0.15) is 38.7 Å². The number of rotatable bonds is 4. The zero-order valence-electron chi connectivity index (χ0n) is 13.2. The Hall–Kier alpha value is -1.22. The van der Waals surface area contributed by atoms with Crippen LogP contribution >= 0.6 is 0 Å². The summed E-state index contributed by atoms with van der Waals surface area (Å²) in [5.41, 5.74) is 1.32. The smallest absolute Gasteiger partial charge is 0.161 e. The number of ether oxygens (including phenoxy) is 2. The van der Waals surface area contributed by atoms with E-state index in [1.165, 1.54) is 24.8 Å². The van der Waals surface area contributed by atoms with Crippen molar-refractivity contribution in [1.82, 2.24) is 5.32 Å². The summed E-state index contributed by atoms with van der Waals surface area (Å²) in [7, 11) is 0. The lowest BCUT2D eigenvalue weighted by Crippen LogP contribution is -2.37. The minimum absolute atomic E-state index is 0.659. The second-order valence-corrected chi connectivity index (χ2v) is 6.65. The molecule has 21 heavy (non-hydrogen) atoms. The Morgan fingerprint density at radius 1 is 1.05 bits per heavy atom. The Kier molecular flexibility index (Phi) is 4.69. The quantitative estimate of drug-likeness (QED) is 0.921. The summed E-state index contributed by atoms with van der Waals surface area (Å²) < 4.78 is 11.2. The molecule has 0 saturated heterocycles. The minimum atomic E-state index is 0.659. The molecule has 0 bridgehead atoms. The summed E-state index contributed by atoms with van der Waals surface area (Å²) >= 11 is 0. The lowest BCUT2D eigenvalue weighted by Gasteiger charge is -2.32. The molecule has 0 spiro atoms. The maximum Gasteiger partial charge on any atom is 0.161 e. The first-order chi connectivity index (χ1) is 10.2. The molecule has 1 aromatic carbocycles. The van der Waals surface area contributed by atoms with E-state index in [-0.39, 0.29) is 0 Å². The van der Waals surface area contributed by atoms with Gasteiger partial charge < -0.3 is 14.8 Å². The fourth-order valence-corrected chi connectivity index (χ4v) is 3.40. The monoisotopic (exact) mass is 289 g/mol. The van der Waals surface area contributed by atoms with Gasteiger partial charge in [-0.3, -0.25) is 0 Å². The zero-order valence-corrected chi connectivity index (χ0v) is 13.2. The van der Waals surface area contributed by atoms with Crippen molar-refractivity contribution in [3.05, 3.63) is 23.8 Å². The van der Waals surface area contributed by atoms with E-state index in [0.717, 1.165) is 36.3 Å². The predicted molar refractivity (Wildman–Crippen MR) is 85.1 cm³/mol. The number of hydrogen-bond acceptors (Lipinski definition) is 3. The molecule has 3 heteroatoms. The normalized spacial score (nSPS) is 28.4. The molecule has 3 atom stereocenters. The van der Waals surface area contributed by atoms with Gasteiger partial charge in [-0.05, 0) is 61.8 Å². The average molecular weight is 289 g/mol. The lowest BCUT2D eigenvalue weighted by molar-refractivity contribution is 0.171. The molecule has 3 unspecified atom stereocenters. The highest BCUT2D eigenvalue weighted by Crippen LogP contribution is 2.31. The van der Waals surface area contributed by atoms with Crippen LogP contribution in [0.5, 0.6) is 11.5 Å². The summed E-state index contributed by atoms with van der Waals surface area (Å²) in [6.07, 6.45) is 5.06. The Morgan fingerprint density at radius 3 is 2.67 bits per heavy atom. The van der Waals surface area contributed by atoms with E-state index in [9.17, 15) is 0 Å². The summed E-state index contributed by atoms with van der Waals surface area (Å²) in [5.74, 6) is 3.53. The Balaban J connectivity index is 1.47. The number of fused-ring (bicyclic) bond motifs is 1.